The van der Waals surface area contributed by atoms with E-state index >= 15 is 0 Å². The number of hydrogen-bond acceptors (Lipinski definition) is 3. The highest BCUT2D eigenvalue weighted by Crippen LogP contribution is 2.18. The molecule has 2 rings (SSSR count). The van der Waals surface area contributed by atoms with E-state index in [1.807, 2.05) is 7.05 Å². The molecule has 4 nitrogen and oxygen atoms in total. The Morgan fingerprint density at radius 2 is 2.53 bits per heavy atom. The summed E-state index contributed by atoms with van der Waals surface area (Å²) in [5.74, 6) is -0.313. The Labute approximate surface area is 99.8 Å². The van der Waals surface area contributed by atoms with Gasteiger partial charge in [-0.2, -0.15) is 0 Å². The maximum atomic E-state index is 13.4. The van der Waals surface area contributed by atoms with E-state index in [9.17, 15) is 9.18 Å². The van der Waals surface area contributed by atoms with Crippen LogP contribution in [0, 0.1) is 11.7 Å². The molecule has 1 N–H and O–H groups in total. The van der Waals surface area contributed by atoms with Crippen molar-refractivity contribution in [2.45, 2.75) is 6.42 Å². The molecule has 1 amide bonds. The Balaban J connectivity index is 2.05. The average molecular weight is 237 g/mol. The van der Waals surface area contributed by atoms with Crippen LogP contribution in [0.3, 0.4) is 0 Å². The molecule has 1 fully saturated rings. The number of amides is 1. The molecule has 1 aromatic heterocycles. The molecule has 0 radical (unpaired) electrons. The summed E-state index contributed by atoms with van der Waals surface area (Å²) in [5, 5.41) is 3.10. The van der Waals surface area contributed by atoms with Gasteiger partial charge in [0.1, 0.15) is 0 Å². The van der Waals surface area contributed by atoms with Gasteiger partial charge in [0.25, 0.3) is 5.91 Å². The van der Waals surface area contributed by atoms with Crippen LogP contribution in [0.4, 0.5) is 4.39 Å². The molecule has 0 bridgehead atoms. The van der Waals surface area contributed by atoms with E-state index in [1.54, 1.807) is 4.90 Å². The quantitative estimate of drug-likeness (QED) is 0.849. The van der Waals surface area contributed by atoms with Crippen molar-refractivity contribution in [2.24, 2.45) is 5.92 Å². The SMILES string of the molecule is CNCC1CCN(C(=O)c2ccncc2F)C1. The summed E-state index contributed by atoms with van der Waals surface area (Å²) < 4.78 is 13.4. The van der Waals surface area contributed by atoms with Crippen LogP contribution in [0.15, 0.2) is 18.5 Å². The fraction of sp³-hybridized carbons (Fsp3) is 0.500. The highest BCUT2D eigenvalue weighted by Gasteiger charge is 2.27. The normalized spacial score (nSPS) is 19.6. The van der Waals surface area contributed by atoms with Crippen molar-refractivity contribution in [2.75, 3.05) is 26.7 Å². The van der Waals surface area contributed by atoms with Gasteiger partial charge in [-0.05, 0) is 32.0 Å². The number of hydrogen-bond donors (Lipinski definition) is 1. The van der Waals surface area contributed by atoms with Gasteiger partial charge < -0.3 is 10.2 Å². The second kappa shape index (κ2) is 5.23. The van der Waals surface area contributed by atoms with Crippen molar-refractivity contribution < 1.29 is 9.18 Å². The summed E-state index contributed by atoms with van der Waals surface area (Å²) in [7, 11) is 1.90. The zero-order chi connectivity index (χ0) is 12.3. The second-order valence-electron chi connectivity index (χ2n) is 4.32. The lowest BCUT2D eigenvalue weighted by molar-refractivity contribution is 0.0782. The predicted molar refractivity (Wildman–Crippen MR) is 62.1 cm³/mol. The lowest BCUT2D eigenvalue weighted by Crippen LogP contribution is -2.31. The molecule has 2 heterocycles. The molecular weight excluding hydrogens is 221 g/mol. The van der Waals surface area contributed by atoms with Gasteiger partial charge in [0, 0.05) is 19.3 Å². The van der Waals surface area contributed by atoms with Gasteiger partial charge in [0.05, 0.1) is 11.8 Å². The van der Waals surface area contributed by atoms with Crippen LogP contribution >= 0.6 is 0 Å². The van der Waals surface area contributed by atoms with Crippen molar-refractivity contribution in [1.29, 1.82) is 0 Å². The maximum Gasteiger partial charge on any atom is 0.256 e. The van der Waals surface area contributed by atoms with Crippen molar-refractivity contribution in [3.63, 3.8) is 0 Å². The topological polar surface area (TPSA) is 45.2 Å². The number of halogens is 1. The maximum absolute atomic E-state index is 13.4. The molecule has 5 heteroatoms. The number of carbonyl (C=O) groups excluding carboxylic acids is 1. The van der Waals surface area contributed by atoms with E-state index in [0.717, 1.165) is 19.2 Å². The summed E-state index contributed by atoms with van der Waals surface area (Å²) in [6, 6.07) is 1.43. The zero-order valence-electron chi connectivity index (χ0n) is 9.82. The molecule has 1 aliphatic rings. The van der Waals surface area contributed by atoms with Gasteiger partial charge in [0.2, 0.25) is 0 Å². The van der Waals surface area contributed by atoms with Gasteiger partial charge in [-0.25, -0.2) is 4.39 Å². The third-order valence-corrected chi connectivity index (χ3v) is 3.07. The highest BCUT2D eigenvalue weighted by molar-refractivity contribution is 5.94. The van der Waals surface area contributed by atoms with Crippen molar-refractivity contribution in [3.8, 4) is 0 Å². The summed E-state index contributed by atoms with van der Waals surface area (Å²) in [6.07, 6.45) is 3.49. The molecule has 1 aromatic rings. The number of carbonyl (C=O) groups is 1. The first-order chi connectivity index (χ1) is 8.22. The van der Waals surface area contributed by atoms with Gasteiger partial charge in [-0.3, -0.25) is 9.78 Å². The number of likely N-dealkylation sites (tertiary alicyclic amines) is 1. The predicted octanol–water partition coefficient (Wildman–Crippen LogP) is 0.902. The summed E-state index contributed by atoms with van der Waals surface area (Å²) >= 11 is 0. The Hall–Kier alpha value is -1.49. The molecule has 92 valence electrons. The smallest absolute Gasteiger partial charge is 0.256 e. The van der Waals surface area contributed by atoms with E-state index in [4.69, 9.17) is 0 Å². The van der Waals surface area contributed by atoms with Crippen LogP contribution in [-0.4, -0.2) is 42.5 Å². The minimum Gasteiger partial charge on any atom is -0.338 e. The molecule has 1 aliphatic heterocycles. The molecule has 1 unspecified atom stereocenters. The van der Waals surface area contributed by atoms with E-state index in [0.29, 0.717) is 19.0 Å². The lowest BCUT2D eigenvalue weighted by Gasteiger charge is -2.16. The fourth-order valence-corrected chi connectivity index (χ4v) is 2.19. The van der Waals surface area contributed by atoms with Gasteiger partial charge >= 0.3 is 0 Å². The van der Waals surface area contributed by atoms with Crippen molar-refractivity contribution in [3.05, 3.63) is 29.8 Å². The fourth-order valence-electron chi connectivity index (χ4n) is 2.19. The van der Waals surface area contributed by atoms with Crippen LogP contribution in [0.2, 0.25) is 0 Å². The van der Waals surface area contributed by atoms with Crippen LogP contribution in [0.25, 0.3) is 0 Å². The number of nitrogens with zero attached hydrogens (tertiary/aromatic N) is 2. The van der Waals surface area contributed by atoms with Gasteiger partial charge in [-0.1, -0.05) is 0 Å². The Bertz CT molecular complexity index is 410. The average Bonchev–Trinajstić information content (AvgIpc) is 2.78. The van der Waals surface area contributed by atoms with Crippen molar-refractivity contribution >= 4 is 5.91 Å². The van der Waals surface area contributed by atoms with E-state index in [1.165, 1.54) is 12.3 Å². The minimum atomic E-state index is -0.547. The molecule has 1 atom stereocenters. The summed E-state index contributed by atoms with van der Waals surface area (Å²) in [4.78, 5) is 17.4. The molecule has 17 heavy (non-hydrogen) atoms. The van der Waals surface area contributed by atoms with Crippen LogP contribution in [-0.2, 0) is 0 Å². The third-order valence-electron chi connectivity index (χ3n) is 3.07. The summed E-state index contributed by atoms with van der Waals surface area (Å²) in [6.45, 7) is 2.29. The standard InChI is InChI=1S/C12H16FN3O/c1-14-6-9-3-5-16(8-9)12(17)10-2-4-15-7-11(10)13/h2,4,7,9,14H,3,5-6,8H2,1H3. The minimum absolute atomic E-state index is 0.116. The first-order valence-corrected chi connectivity index (χ1v) is 5.75. The third kappa shape index (κ3) is 2.61. The number of aromatic nitrogens is 1. The van der Waals surface area contributed by atoms with Gasteiger partial charge in [-0.15, -0.1) is 0 Å². The first-order valence-electron chi connectivity index (χ1n) is 5.75. The highest BCUT2D eigenvalue weighted by atomic mass is 19.1. The Morgan fingerprint density at radius 1 is 1.71 bits per heavy atom. The van der Waals surface area contributed by atoms with Crippen LogP contribution in [0.1, 0.15) is 16.8 Å². The van der Waals surface area contributed by atoms with Crippen LogP contribution in [0.5, 0.6) is 0 Å². The zero-order valence-corrected chi connectivity index (χ0v) is 9.82. The monoisotopic (exact) mass is 237 g/mol. The molecule has 0 aliphatic carbocycles. The van der Waals surface area contributed by atoms with Crippen molar-refractivity contribution in [1.82, 2.24) is 15.2 Å². The van der Waals surface area contributed by atoms with Gasteiger partial charge in [0.15, 0.2) is 5.82 Å². The number of nitrogens with one attached hydrogen (secondary N) is 1. The molecule has 0 aromatic carbocycles. The van der Waals surface area contributed by atoms with E-state index < -0.39 is 5.82 Å². The largest absolute Gasteiger partial charge is 0.338 e. The molecular formula is C12H16FN3O. The second-order valence-corrected chi connectivity index (χ2v) is 4.32. The number of pyridine rings is 1. The molecule has 1 saturated heterocycles. The summed E-state index contributed by atoms with van der Waals surface area (Å²) in [5.41, 5.74) is 0.116. The van der Waals surface area contributed by atoms with E-state index in [-0.39, 0.29) is 11.5 Å². The number of rotatable bonds is 3. The first kappa shape index (κ1) is 12.0. The lowest BCUT2D eigenvalue weighted by atomic mass is 10.1. The Morgan fingerprint density at radius 3 is 3.24 bits per heavy atom. The van der Waals surface area contributed by atoms with Crippen LogP contribution < -0.4 is 5.32 Å². The Kier molecular flexibility index (Phi) is 3.68. The molecule has 0 spiro atoms. The van der Waals surface area contributed by atoms with E-state index in [2.05, 4.69) is 10.3 Å². The molecule has 0 saturated carbocycles.